The first-order valence-corrected chi connectivity index (χ1v) is 5.59. The van der Waals surface area contributed by atoms with Gasteiger partial charge in [0.25, 0.3) is 0 Å². The number of nitrogens with two attached hydrogens (primary N) is 1. The Hall–Kier alpha value is -1.42. The zero-order valence-electron chi connectivity index (χ0n) is 9.82. The first kappa shape index (κ1) is 12.6. The fourth-order valence-electron chi connectivity index (χ4n) is 1.58. The minimum atomic E-state index is 0.289. The fraction of sp³-hybridized carbons (Fsp3) is 0.500. The molecule has 4 nitrogen and oxygen atoms in total. The highest BCUT2D eigenvalue weighted by Crippen LogP contribution is 2.03. The van der Waals surface area contributed by atoms with Crippen LogP contribution in [-0.2, 0) is 6.54 Å². The van der Waals surface area contributed by atoms with Gasteiger partial charge in [-0.1, -0.05) is 0 Å². The van der Waals surface area contributed by atoms with E-state index < -0.39 is 0 Å². The Balaban J connectivity index is 2.16. The Labute approximate surface area is 97.0 Å². The van der Waals surface area contributed by atoms with Crippen molar-refractivity contribution in [1.29, 1.82) is 5.41 Å². The van der Waals surface area contributed by atoms with Crippen molar-refractivity contribution >= 4 is 5.84 Å². The smallest absolute Gasteiger partial charge is 0.0905 e. The lowest BCUT2D eigenvalue weighted by molar-refractivity contribution is 0.319. The highest BCUT2D eigenvalue weighted by atomic mass is 15.1. The Morgan fingerprint density at radius 1 is 1.38 bits per heavy atom. The maximum Gasteiger partial charge on any atom is 0.0905 e. The van der Waals surface area contributed by atoms with Crippen LogP contribution >= 0.6 is 0 Å². The molecule has 0 radical (unpaired) electrons. The number of pyridine rings is 1. The van der Waals surface area contributed by atoms with Gasteiger partial charge >= 0.3 is 0 Å². The summed E-state index contributed by atoms with van der Waals surface area (Å²) in [5, 5.41) is 7.12. The topological polar surface area (TPSA) is 66.0 Å². The standard InChI is InChI=1S/C12H20N4/c1-16(9-3-2-4-12(13)14)10-11-5-7-15-8-6-11/h5-8H,2-4,9-10H2,1H3,(H3,13,14). The molecule has 0 aliphatic rings. The molecule has 16 heavy (non-hydrogen) atoms. The molecule has 1 aromatic rings. The lowest BCUT2D eigenvalue weighted by Gasteiger charge is -2.16. The van der Waals surface area contributed by atoms with Crippen LogP contribution in [-0.4, -0.2) is 29.3 Å². The number of unbranched alkanes of at least 4 members (excludes halogenated alkanes) is 1. The molecule has 0 amide bonds. The quantitative estimate of drug-likeness (QED) is 0.417. The highest BCUT2D eigenvalue weighted by molar-refractivity contribution is 5.76. The normalized spacial score (nSPS) is 10.6. The molecule has 4 heteroatoms. The molecule has 0 fully saturated rings. The third kappa shape index (κ3) is 5.46. The van der Waals surface area contributed by atoms with Gasteiger partial charge in [0, 0.05) is 25.4 Å². The molecule has 1 aromatic heterocycles. The van der Waals surface area contributed by atoms with Crippen LogP contribution in [0.4, 0.5) is 0 Å². The summed E-state index contributed by atoms with van der Waals surface area (Å²) in [7, 11) is 2.11. The van der Waals surface area contributed by atoms with Crippen LogP contribution < -0.4 is 5.73 Å². The fourth-order valence-corrected chi connectivity index (χ4v) is 1.58. The molecule has 0 bridgehead atoms. The molecule has 1 heterocycles. The molecule has 88 valence electrons. The molecule has 0 saturated heterocycles. The van der Waals surface area contributed by atoms with Gasteiger partial charge in [0.1, 0.15) is 0 Å². The Morgan fingerprint density at radius 2 is 2.06 bits per heavy atom. The second-order valence-corrected chi connectivity index (χ2v) is 4.08. The van der Waals surface area contributed by atoms with Crippen LogP contribution in [0.1, 0.15) is 24.8 Å². The second-order valence-electron chi connectivity index (χ2n) is 4.08. The first-order valence-electron chi connectivity index (χ1n) is 5.59. The number of hydrogen-bond donors (Lipinski definition) is 2. The predicted octanol–water partition coefficient (Wildman–Crippen LogP) is 1.62. The van der Waals surface area contributed by atoms with E-state index in [2.05, 4.69) is 16.9 Å². The van der Waals surface area contributed by atoms with Crippen molar-refractivity contribution in [2.45, 2.75) is 25.8 Å². The van der Waals surface area contributed by atoms with E-state index in [0.29, 0.717) is 6.42 Å². The Morgan fingerprint density at radius 3 is 2.69 bits per heavy atom. The molecular weight excluding hydrogens is 200 g/mol. The van der Waals surface area contributed by atoms with Crippen molar-refractivity contribution in [3.8, 4) is 0 Å². The molecule has 0 aromatic carbocycles. The first-order chi connectivity index (χ1) is 7.68. The van der Waals surface area contributed by atoms with Crippen LogP contribution in [0, 0.1) is 5.41 Å². The van der Waals surface area contributed by atoms with Crippen molar-refractivity contribution < 1.29 is 0 Å². The summed E-state index contributed by atoms with van der Waals surface area (Å²) in [5.74, 6) is 0.289. The van der Waals surface area contributed by atoms with Crippen molar-refractivity contribution in [3.05, 3.63) is 30.1 Å². The average molecular weight is 220 g/mol. The van der Waals surface area contributed by atoms with Crippen LogP contribution in [0.5, 0.6) is 0 Å². The maximum atomic E-state index is 7.12. The van der Waals surface area contributed by atoms with E-state index in [4.69, 9.17) is 11.1 Å². The third-order valence-electron chi connectivity index (χ3n) is 2.44. The van der Waals surface area contributed by atoms with E-state index in [0.717, 1.165) is 25.9 Å². The lowest BCUT2D eigenvalue weighted by Crippen LogP contribution is -2.19. The van der Waals surface area contributed by atoms with Gasteiger partial charge in [0.05, 0.1) is 5.84 Å². The van der Waals surface area contributed by atoms with E-state index in [1.165, 1.54) is 5.56 Å². The van der Waals surface area contributed by atoms with Gasteiger partial charge in [-0.2, -0.15) is 0 Å². The number of aromatic nitrogens is 1. The van der Waals surface area contributed by atoms with Crippen molar-refractivity contribution in [2.24, 2.45) is 5.73 Å². The molecule has 3 N–H and O–H groups in total. The molecule has 0 aliphatic heterocycles. The molecule has 0 spiro atoms. The molecule has 0 atom stereocenters. The van der Waals surface area contributed by atoms with Gasteiger partial charge in [0.2, 0.25) is 0 Å². The van der Waals surface area contributed by atoms with E-state index in [1.807, 2.05) is 24.5 Å². The molecule has 1 rings (SSSR count). The summed E-state index contributed by atoms with van der Waals surface area (Å²) in [6.07, 6.45) is 6.43. The van der Waals surface area contributed by atoms with Crippen LogP contribution in [0.2, 0.25) is 0 Å². The summed E-state index contributed by atoms with van der Waals surface area (Å²) >= 11 is 0. The summed E-state index contributed by atoms with van der Waals surface area (Å²) in [4.78, 5) is 6.26. The van der Waals surface area contributed by atoms with E-state index in [-0.39, 0.29) is 5.84 Å². The summed E-state index contributed by atoms with van der Waals surface area (Å²) in [6.45, 7) is 1.98. The average Bonchev–Trinajstić information content (AvgIpc) is 2.25. The SMILES string of the molecule is CN(CCCCC(=N)N)Cc1ccncc1. The minimum absolute atomic E-state index is 0.289. The second kappa shape index (κ2) is 6.95. The van der Waals surface area contributed by atoms with Crippen LogP contribution in [0.3, 0.4) is 0 Å². The number of nitrogens with one attached hydrogen (secondary N) is 1. The summed E-state index contributed by atoms with van der Waals surface area (Å²) < 4.78 is 0. The largest absolute Gasteiger partial charge is 0.388 e. The van der Waals surface area contributed by atoms with Gasteiger partial charge in [-0.3, -0.25) is 10.4 Å². The van der Waals surface area contributed by atoms with Crippen molar-refractivity contribution in [2.75, 3.05) is 13.6 Å². The van der Waals surface area contributed by atoms with E-state index in [9.17, 15) is 0 Å². The number of amidine groups is 1. The highest BCUT2D eigenvalue weighted by Gasteiger charge is 2.00. The molecule has 0 unspecified atom stereocenters. The van der Waals surface area contributed by atoms with Gasteiger partial charge < -0.3 is 10.6 Å². The van der Waals surface area contributed by atoms with E-state index >= 15 is 0 Å². The monoisotopic (exact) mass is 220 g/mol. The zero-order chi connectivity index (χ0) is 11.8. The zero-order valence-corrected chi connectivity index (χ0v) is 9.82. The molecule has 0 aliphatic carbocycles. The Kier molecular flexibility index (Phi) is 5.50. The van der Waals surface area contributed by atoms with Gasteiger partial charge in [-0.05, 0) is 44.1 Å². The van der Waals surface area contributed by atoms with Crippen molar-refractivity contribution in [3.63, 3.8) is 0 Å². The van der Waals surface area contributed by atoms with Crippen LogP contribution in [0.25, 0.3) is 0 Å². The maximum absolute atomic E-state index is 7.12. The van der Waals surface area contributed by atoms with Gasteiger partial charge in [-0.25, -0.2) is 0 Å². The predicted molar refractivity (Wildman–Crippen MR) is 66.3 cm³/mol. The third-order valence-corrected chi connectivity index (χ3v) is 2.44. The number of hydrogen-bond acceptors (Lipinski definition) is 3. The van der Waals surface area contributed by atoms with Crippen LogP contribution in [0.15, 0.2) is 24.5 Å². The molecule has 0 saturated carbocycles. The number of rotatable bonds is 7. The minimum Gasteiger partial charge on any atom is -0.388 e. The Bertz CT molecular complexity index is 310. The van der Waals surface area contributed by atoms with Crippen molar-refractivity contribution in [1.82, 2.24) is 9.88 Å². The van der Waals surface area contributed by atoms with Gasteiger partial charge in [0.15, 0.2) is 0 Å². The number of nitrogens with zero attached hydrogens (tertiary/aromatic N) is 2. The summed E-state index contributed by atoms with van der Waals surface area (Å²) in [6, 6.07) is 4.07. The molecular formula is C12H20N4. The van der Waals surface area contributed by atoms with E-state index in [1.54, 1.807) is 0 Å². The summed E-state index contributed by atoms with van der Waals surface area (Å²) in [5.41, 5.74) is 6.58. The van der Waals surface area contributed by atoms with Gasteiger partial charge in [-0.15, -0.1) is 0 Å². The lowest BCUT2D eigenvalue weighted by atomic mass is 10.2.